The summed E-state index contributed by atoms with van der Waals surface area (Å²) in [4.78, 5) is 12.3. The lowest BCUT2D eigenvalue weighted by atomic mass is 10.2. The summed E-state index contributed by atoms with van der Waals surface area (Å²) < 4.78 is 32.0. The Kier molecular flexibility index (Phi) is 4.53. The second-order valence-electron chi connectivity index (χ2n) is 5.28. The minimum absolute atomic E-state index is 0.0473. The molecule has 1 aromatic heterocycles. The van der Waals surface area contributed by atoms with Gasteiger partial charge in [-0.15, -0.1) is 0 Å². The molecule has 7 nitrogen and oxygen atoms in total. The van der Waals surface area contributed by atoms with E-state index in [1.807, 2.05) is 6.07 Å². The smallest absolute Gasteiger partial charge is 0.263 e. The lowest BCUT2D eigenvalue weighted by molar-refractivity contribution is 0.102. The van der Waals surface area contributed by atoms with Gasteiger partial charge in [-0.2, -0.15) is 0 Å². The molecule has 0 fully saturated rings. The highest BCUT2D eigenvalue weighted by Gasteiger charge is 2.18. The lowest BCUT2D eigenvalue weighted by Gasteiger charge is -2.08. The van der Waals surface area contributed by atoms with Gasteiger partial charge in [0.1, 0.15) is 5.76 Å². The second kappa shape index (κ2) is 6.78. The van der Waals surface area contributed by atoms with Gasteiger partial charge < -0.3 is 9.84 Å². The minimum Gasteiger partial charge on any atom is -0.360 e. The van der Waals surface area contributed by atoms with E-state index in [-0.39, 0.29) is 16.3 Å². The number of sulfonamides is 1. The van der Waals surface area contributed by atoms with Crippen LogP contribution >= 0.6 is 0 Å². The van der Waals surface area contributed by atoms with Gasteiger partial charge in [0.05, 0.1) is 4.90 Å². The Bertz CT molecular complexity index is 997. The molecule has 1 amide bonds. The predicted octanol–water partition coefficient (Wildman–Crippen LogP) is 3.04. The van der Waals surface area contributed by atoms with Gasteiger partial charge in [0.25, 0.3) is 15.9 Å². The van der Waals surface area contributed by atoms with Crippen LogP contribution in [0.4, 0.5) is 11.5 Å². The average molecular weight is 357 g/mol. The number of aromatic nitrogens is 1. The van der Waals surface area contributed by atoms with Crippen molar-refractivity contribution in [2.75, 3.05) is 10.0 Å². The highest BCUT2D eigenvalue weighted by atomic mass is 32.2. The summed E-state index contributed by atoms with van der Waals surface area (Å²) in [5.41, 5.74) is 0.847. The van der Waals surface area contributed by atoms with Crippen LogP contribution in [-0.2, 0) is 10.0 Å². The monoisotopic (exact) mass is 357 g/mol. The largest absolute Gasteiger partial charge is 0.360 e. The van der Waals surface area contributed by atoms with Crippen molar-refractivity contribution in [3.05, 3.63) is 72.0 Å². The maximum absolute atomic E-state index is 12.4. The second-order valence-corrected chi connectivity index (χ2v) is 6.96. The first-order valence-corrected chi connectivity index (χ1v) is 8.85. The fraction of sp³-hybridized carbons (Fsp3) is 0.0588. The summed E-state index contributed by atoms with van der Waals surface area (Å²) in [5.74, 6) is 0.158. The maximum Gasteiger partial charge on any atom is 0.263 e. The number of nitrogens with one attached hydrogen (secondary N) is 2. The molecule has 1 heterocycles. The number of hydrogen-bond donors (Lipinski definition) is 2. The molecule has 0 aliphatic rings. The van der Waals surface area contributed by atoms with Gasteiger partial charge in [-0.3, -0.25) is 9.52 Å². The number of nitrogens with zero attached hydrogens (tertiary/aromatic N) is 1. The minimum atomic E-state index is -3.88. The Morgan fingerprint density at radius 2 is 1.80 bits per heavy atom. The molecule has 0 bridgehead atoms. The molecule has 0 saturated heterocycles. The Morgan fingerprint density at radius 3 is 2.48 bits per heavy atom. The first-order valence-electron chi connectivity index (χ1n) is 7.37. The molecule has 0 saturated carbocycles. The molecule has 3 rings (SSSR count). The van der Waals surface area contributed by atoms with Gasteiger partial charge in [0.2, 0.25) is 0 Å². The summed E-state index contributed by atoms with van der Waals surface area (Å²) in [6.07, 6.45) is 0. The zero-order valence-electron chi connectivity index (χ0n) is 13.3. The highest BCUT2D eigenvalue weighted by molar-refractivity contribution is 7.92. The van der Waals surface area contributed by atoms with Crippen molar-refractivity contribution >= 4 is 27.4 Å². The van der Waals surface area contributed by atoms with Crippen LogP contribution in [0.25, 0.3) is 0 Å². The Morgan fingerprint density at radius 1 is 1.04 bits per heavy atom. The first kappa shape index (κ1) is 16.7. The topological polar surface area (TPSA) is 101 Å². The van der Waals surface area contributed by atoms with Crippen LogP contribution in [0.5, 0.6) is 0 Å². The van der Waals surface area contributed by atoms with Crippen LogP contribution in [-0.4, -0.2) is 19.5 Å². The summed E-state index contributed by atoms with van der Waals surface area (Å²) in [7, 11) is -3.88. The predicted molar refractivity (Wildman–Crippen MR) is 92.9 cm³/mol. The normalized spacial score (nSPS) is 11.1. The third-order valence-electron chi connectivity index (χ3n) is 3.31. The van der Waals surface area contributed by atoms with E-state index in [1.165, 1.54) is 30.3 Å². The van der Waals surface area contributed by atoms with Crippen LogP contribution < -0.4 is 10.0 Å². The van der Waals surface area contributed by atoms with Gasteiger partial charge >= 0.3 is 0 Å². The molecular weight excluding hydrogens is 342 g/mol. The molecule has 0 aliphatic heterocycles. The summed E-state index contributed by atoms with van der Waals surface area (Å²) in [6, 6.07) is 16.1. The number of carbonyl (C=O) groups is 1. The maximum atomic E-state index is 12.4. The number of carbonyl (C=O) groups excluding carboxylic acids is 1. The average Bonchev–Trinajstić information content (AvgIpc) is 3.00. The van der Waals surface area contributed by atoms with Gasteiger partial charge in [0, 0.05) is 17.3 Å². The van der Waals surface area contributed by atoms with Crippen LogP contribution in [0, 0.1) is 6.92 Å². The fourth-order valence-corrected chi connectivity index (χ4v) is 3.17. The lowest BCUT2D eigenvalue weighted by Crippen LogP contribution is -2.16. The number of aryl methyl sites for hydroxylation is 1. The summed E-state index contributed by atoms with van der Waals surface area (Å²) >= 11 is 0. The van der Waals surface area contributed by atoms with Crippen LogP contribution in [0.3, 0.4) is 0 Å². The van der Waals surface area contributed by atoms with Crippen molar-refractivity contribution in [2.24, 2.45) is 0 Å². The standard InChI is InChI=1S/C17H15N3O4S/c1-12-10-16(19-24-12)20-25(22,23)15-9-5-6-13(11-15)17(21)18-14-7-3-2-4-8-14/h2-11H,1H3,(H,18,21)(H,19,20). The molecule has 0 radical (unpaired) electrons. The number of hydrogen-bond acceptors (Lipinski definition) is 5. The van der Waals surface area contributed by atoms with E-state index in [9.17, 15) is 13.2 Å². The van der Waals surface area contributed by atoms with E-state index in [2.05, 4.69) is 15.2 Å². The summed E-state index contributed by atoms with van der Waals surface area (Å²) in [6.45, 7) is 1.65. The van der Waals surface area contributed by atoms with E-state index in [1.54, 1.807) is 31.2 Å². The van der Waals surface area contributed by atoms with Gasteiger partial charge in [-0.1, -0.05) is 29.4 Å². The molecule has 0 atom stereocenters. The molecular formula is C17H15N3O4S. The van der Waals surface area contributed by atoms with Crippen LogP contribution in [0.2, 0.25) is 0 Å². The van der Waals surface area contributed by atoms with Gasteiger partial charge in [0.15, 0.2) is 5.82 Å². The van der Waals surface area contributed by atoms with Crippen molar-refractivity contribution in [3.8, 4) is 0 Å². The third-order valence-corrected chi connectivity index (χ3v) is 4.66. The SMILES string of the molecule is Cc1cc(NS(=O)(=O)c2cccc(C(=O)Nc3ccccc3)c2)no1. The molecule has 2 N–H and O–H groups in total. The first-order chi connectivity index (χ1) is 11.9. The number of rotatable bonds is 5. The van der Waals surface area contributed by atoms with Crippen molar-refractivity contribution in [1.82, 2.24) is 5.16 Å². The van der Waals surface area contributed by atoms with E-state index in [0.717, 1.165) is 0 Å². The fourth-order valence-electron chi connectivity index (χ4n) is 2.14. The third kappa shape index (κ3) is 4.04. The Hall–Kier alpha value is -3.13. The van der Waals surface area contributed by atoms with E-state index < -0.39 is 15.9 Å². The molecule has 0 unspecified atom stereocenters. The zero-order chi connectivity index (χ0) is 17.9. The van der Waals surface area contributed by atoms with Gasteiger partial charge in [-0.25, -0.2) is 8.42 Å². The van der Waals surface area contributed by atoms with Crippen LogP contribution in [0.1, 0.15) is 16.1 Å². The van der Waals surface area contributed by atoms with Crippen LogP contribution in [0.15, 0.2) is 70.1 Å². The molecule has 25 heavy (non-hydrogen) atoms. The molecule has 8 heteroatoms. The molecule has 3 aromatic rings. The Labute approximate surface area is 144 Å². The van der Waals surface area contributed by atoms with Crippen molar-refractivity contribution in [1.29, 1.82) is 0 Å². The Balaban J connectivity index is 1.82. The number of benzene rings is 2. The molecule has 128 valence electrons. The number of para-hydroxylation sites is 1. The van der Waals surface area contributed by atoms with E-state index in [0.29, 0.717) is 11.4 Å². The number of anilines is 2. The van der Waals surface area contributed by atoms with E-state index in [4.69, 9.17) is 4.52 Å². The molecule has 0 aliphatic carbocycles. The van der Waals surface area contributed by atoms with Crippen molar-refractivity contribution in [3.63, 3.8) is 0 Å². The highest BCUT2D eigenvalue weighted by Crippen LogP contribution is 2.18. The quantitative estimate of drug-likeness (QED) is 0.731. The van der Waals surface area contributed by atoms with Crippen molar-refractivity contribution < 1.29 is 17.7 Å². The van der Waals surface area contributed by atoms with Crippen molar-refractivity contribution in [2.45, 2.75) is 11.8 Å². The zero-order valence-corrected chi connectivity index (χ0v) is 14.1. The van der Waals surface area contributed by atoms with Gasteiger partial charge in [-0.05, 0) is 37.3 Å². The number of amides is 1. The molecule has 0 spiro atoms. The van der Waals surface area contributed by atoms with E-state index >= 15 is 0 Å². The summed E-state index contributed by atoms with van der Waals surface area (Å²) in [5, 5.41) is 6.30. The molecule has 2 aromatic carbocycles.